The van der Waals surface area contributed by atoms with Crippen LogP contribution < -0.4 is 4.72 Å². The number of hydrogen-bond donors (Lipinski definition) is 2. The second-order valence-corrected chi connectivity index (χ2v) is 11.3. The number of rotatable bonds is 8. The van der Waals surface area contributed by atoms with Gasteiger partial charge in [-0.25, -0.2) is 8.42 Å². The molecule has 7 nitrogen and oxygen atoms in total. The van der Waals surface area contributed by atoms with E-state index in [1.165, 1.54) is 18.1 Å². The maximum atomic E-state index is 12.3. The fourth-order valence-electron chi connectivity index (χ4n) is 5.72. The van der Waals surface area contributed by atoms with Gasteiger partial charge in [-0.15, -0.1) is 0 Å². The molecule has 180 valence electrons. The lowest BCUT2D eigenvalue weighted by Gasteiger charge is -2.45. The Bertz CT molecular complexity index is 1260. The summed E-state index contributed by atoms with van der Waals surface area (Å²) in [5, 5.41) is 13.1. The lowest BCUT2D eigenvalue weighted by atomic mass is 9.75. The van der Waals surface area contributed by atoms with Gasteiger partial charge in [-0.05, 0) is 48.2 Å². The molecule has 2 heterocycles. The monoisotopic (exact) mass is 481 g/mol. The minimum atomic E-state index is -3.51. The van der Waals surface area contributed by atoms with Gasteiger partial charge < -0.3 is 9.84 Å². The number of likely N-dealkylation sites (tertiary alicyclic amines) is 1. The minimum Gasteiger partial charge on any atom is -0.384 e. The normalized spacial score (nSPS) is 25.0. The fraction of sp³-hybridized carbons (Fsp3) is 0.423. The second kappa shape index (κ2) is 9.26. The van der Waals surface area contributed by atoms with Crippen LogP contribution in [-0.2, 0) is 26.9 Å². The van der Waals surface area contributed by atoms with Gasteiger partial charge in [-0.3, -0.25) is 14.6 Å². The first-order chi connectivity index (χ1) is 16.4. The summed E-state index contributed by atoms with van der Waals surface area (Å²) in [4.78, 5) is 6.92. The number of pyridine rings is 1. The number of fused-ring (bicyclic) bond motifs is 3. The molecular formula is C26H31N3O4S. The highest BCUT2D eigenvalue weighted by atomic mass is 32.2. The van der Waals surface area contributed by atoms with Crippen LogP contribution in [0.25, 0.3) is 10.9 Å². The third-order valence-corrected chi connectivity index (χ3v) is 8.60. The number of anilines is 1. The Morgan fingerprint density at radius 3 is 2.65 bits per heavy atom. The van der Waals surface area contributed by atoms with E-state index in [-0.39, 0.29) is 24.2 Å². The molecule has 2 atom stereocenters. The number of benzene rings is 2. The number of para-hydroxylation sites is 1. The molecule has 1 saturated carbocycles. The number of nitrogens with one attached hydrogen (secondary N) is 1. The van der Waals surface area contributed by atoms with E-state index in [2.05, 4.69) is 26.7 Å². The first kappa shape index (κ1) is 23.2. The number of methoxy groups -OCH3 is 1. The Kier molecular flexibility index (Phi) is 6.33. The van der Waals surface area contributed by atoms with Gasteiger partial charge in [-0.2, -0.15) is 0 Å². The molecule has 34 heavy (non-hydrogen) atoms. The van der Waals surface area contributed by atoms with Crippen LogP contribution in [0.4, 0.5) is 5.69 Å². The minimum absolute atomic E-state index is 0.0969. The first-order valence-corrected chi connectivity index (χ1v) is 13.4. The van der Waals surface area contributed by atoms with E-state index in [4.69, 9.17) is 4.74 Å². The zero-order valence-electron chi connectivity index (χ0n) is 19.4. The van der Waals surface area contributed by atoms with Crippen molar-refractivity contribution in [1.29, 1.82) is 0 Å². The number of aromatic nitrogens is 1. The van der Waals surface area contributed by atoms with Crippen LogP contribution in [0.3, 0.4) is 0 Å². The van der Waals surface area contributed by atoms with Gasteiger partial charge in [0.2, 0.25) is 10.0 Å². The summed E-state index contributed by atoms with van der Waals surface area (Å²) in [5.74, 6) is 0.0847. The number of nitrogens with zero attached hydrogens (tertiary/aromatic N) is 2. The number of ether oxygens (including phenoxy) is 1. The highest BCUT2D eigenvalue weighted by Gasteiger charge is 2.53. The van der Waals surface area contributed by atoms with E-state index >= 15 is 0 Å². The smallest absolute Gasteiger partial charge is 0.234 e. The summed E-state index contributed by atoms with van der Waals surface area (Å²) < 4.78 is 32.1. The largest absolute Gasteiger partial charge is 0.384 e. The van der Waals surface area contributed by atoms with Crippen LogP contribution in [0.5, 0.6) is 0 Å². The third-order valence-electron chi connectivity index (χ3n) is 7.35. The van der Waals surface area contributed by atoms with Crippen LogP contribution >= 0.6 is 0 Å². The molecule has 8 heteroatoms. The molecule has 1 aliphatic heterocycles. The van der Waals surface area contributed by atoms with E-state index in [0.29, 0.717) is 5.69 Å². The molecule has 2 bridgehead atoms. The van der Waals surface area contributed by atoms with E-state index in [1.807, 2.05) is 36.5 Å². The van der Waals surface area contributed by atoms with Gasteiger partial charge >= 0.3 is 0 Å². The highest BCUT2D eigenvalue weighted by Crippen LogP contribution is 2.51. The maximum Gasteiger partial charge on any atom is 0.234 e. The predicted octanol–water partition coefficient (Wildman–Crippen LogP) is 3.35. The Morgan fingerprint density at radius 1 is 1.12 bits per heavy atom. The lowest BCUT2D eigenvalue weighted by Crippen LogP contribution is -2.51. The molecule has 1 saturated heterocycles. The molecule has 2 fully saturated rings. The van der Waals surface area contributed by atoms with Crippen molar-refractivity contribution in [3.05, 3.63) is 71.9 Å². The molecule has 5 rings (SSSR count). The van der Waals surface area contributed by atoms with Crippen molar-refractivity contribution in [1.82, 2.24) is 9.88 Å². The van der Waals surface area contributed by atoms with Gasteiger partial charge in [0.25, 0.3) is 0 Å². The Hall–Kier alpha value is -2.52. The summed E-state index contributed by atoms with van der Waals surface area (Å²) in [6.07, 6.45) is 3.78. The molecule has 1 aliphatic carbocycles. The third kappa shape index (κ3) is 4.43. The van der Waals surface area contributed by atoms with Crippen molar-refractivity contribution in [2.24, 2.45) is 11.8 Å². The molecule has 1 aromatic heterocycles. The summed E-state index contributed by atoms with van der Waals surface area (Å²) in [6.45, 7) is 2.55. The summed E-state index contributed by atoms with van der Waals surface area (Å²) >= 11 is 0. The van der Waals surface area contributed by atoms with Crippen molar-refractivity contribution < 1.29 is 18.3 Å². The SMILES string of the molecule is COCCS(=O)(=O)Nc1cccc(C2(O)C3CCC2CN(Cc2ccnc4ccccc24)C3)c1. The zero-order chi connectivity index (χ0) is 23.8. The van der Waals surface area contributed by atoms with Crippen LogP contribution in [0, 0.1) is 11.8 Å². The fourth-order valence-corrected chi connectivity index (χ4v) is 6.70. The maximum absolute atomic E-state index is 12.3. The van der Waals surface area contributed by atoms with Crippen LogP contribution in [0.2, 0.25) is 0 Å². The van der Waals surface area contributed by atoms with Crippen molar-refractivity contribution >= 4 is 26.6 Å². The van der Waals surface area contributed by atoms with E-state index < -0.39 is 15.6 Å². The van der Waals surface area contributed by atoms with Crippen molar-refractivity contribution in [2.75, 3.05) is 37.3 Å². The average Bonchev–Trinajstić information content (AvgIpc) is 3.00. The lowest BCUT2D eigenvalue weighted by molar-refractivity contribution is -0.0913. The Morgan fingerprint density at radius 2 is 1.88 bits per heavy atom. The van der Waals surface area contributed by atoms with Gasteiger partial charge in [0.15, 0.2) is 0 Å². The zero-order valence-corrected chi connectivity index (χ0v) is 20.2. The highest BCUT2D eigenvalue weighted by molar-refractivity contribution is 7.92. The topological polar surface area (TPSA) is 91.8 Å². The molecule has 3 aromatic rings. The standard InChI is InChI=1S/C26H31N3O4S/c1-33-13-14-34(31,32)28-23-6-4-5-20(15-23)26(30)21-9-10-22(26)18-29(17-21)16-19-11-12-27-25-8-3-2-7-24(19)25/h2-8,11-12,15,21-22,28,30H,9-10,13-14,16-18H2,1H3. The summed E-state index contributed by atoms with van der Waals surface area (Å²) in [7, 11) is -2.03. The molecule has 2 N–H and O–H groups in total. The second-order valence-electron chi connectivity index (χ2n) is 9.47. The molecule has 0 spiro atoms. The van der Waals surface area contributed by atoms with E-state index in [0.717, 1.165) is 43.6 Å². The number of hydrogen-bond acceptors (Lipinski definition) is 6. The van der Waals surface area contributed by atoms with Crippen LogP contribution in [0.15, 0.2) is 60.8 Å². The van der Waals surface area contributed by atoms with Gasteiger partial charge in [0.05, 0.1) is 23.5 Å². The van der Waals surface area contributed by atoms with Crippen molar-refractivity contribution in [3.8, 4) is 0 Å². The number of aliphatic hydroxyl groups is 1. The van der Waals surface area contributed by atoms with Gasteiger partial charge in [0, 0.05) is 55.9 Å². The van der Waals surface area contributed by atoms with E-state index in [1.54, 1.807) is 12.1 Å². The summed E-state index contributed by atoms with van der Waals surface area (Å²) in [5.41, 5.74) is 2.57. The van der Waals surface area contributed by atoms with Crippen molar-refractivity contribution in [2.45, 2.75) is 25.0 Å². The molecule has 2 aromatic carbocycles. The van der Waals surface area contributed by atoms with E-state index in [9.17, 15) is 13.5 Å². The van der Waals surface area contributed by atoms with Gasteiger partial charge in [-0.1, -0.05) is 30.3 Å². The number of sulfonamides is 1. The molecule has 0 radical (unpaired) electrons. The molecule has 2 unspecified atom stereocenters. The summed E-state index contributed by atoms with van der Waals surface area (Å²) in [6, 6.07) is 17.5. The first-order valence-electron chi connectivity index (χ1n) is 11.8. The van der Waals surface area contributed by atoms with Crippen molar-refractivity contribution in [3.63, 3.8) is 0 Å². The average molecular weight is 482 g/mol. The van der Waals surface area contributed by atoms with Crippen LogP contribution in [0.1, 0.15) is 24.0 Å². The Labute approximate surface area is 200 Å². The molecule has 0 amide bonds. The Balaban J connectivity index is 1.34. The quantitative estimate of drug-likeness (QED) is 0.513. The molecule has 2 aliphatic rings. The molecular weight excluding hydrogens is 450 g/mol. The van der Waals surface area contributed by atoms with Gasteiger partial charge in [0.1, 0.15) is 0 Å². The van der Waals surface area contributed by atoms with Crippen LogP contribution in [-0.4, -0.2) is 56.0 Å². The predicted molar refractivity (Wildman–Crippen MR) is 133 cm³/mol. The number of piperidine rings is 1.